The molecule has 0 unspecified atom stereocenters. The van der Waals surface area contributed by atoms with Crippen molar-refractivity contribution in [3.8, 4) is 16.9 Å². The first kappa shape index (κ1) is 19.9. The molecule has 1 aliphatic rings. The van der Waals surface area contributed by atoms with Gasteiger partial charge < -0.3 is 4.74 Å². The minimum Gasteiger partial charge on any atom is -0.406 e. The van der Waals surface area contributed by atoms with Gasteiger partial charge in [0.2, 0.25) is 0 Å². The normalized spacial score (nSPS) is 20.5. The summed E-state index contributed by atoms with van der Waals surface area (Å²) in [6.07, 6.45) is -1.15. The number of halogens is 4. The summed E-state index contributed by atoms with van der Waals surface area (Å²) in [5.41, 5.74) is 1.97. The number of hydrogen-bond acceptors (Lipinski definition) is 1. The third kappa shape index (κ3) is 5.34. The summed E-state index contributed by atoms with van der Waals surface area (Å²) in [7, 11) is -0.566. The van der Waals surface area contributed by atoms with Gasteiger partial charge in [-0.05, 0) is 48.1 Å². The second-order valence-corrected chi connectivity index (χ2v) is 10.8. The van der Waals surface area contributed by atoms with Gasteiger partial charge in [-0.1, -0.05) is 55.7 Å². The van der Waals surface area contributed by atoms with E-state index in [2.05, 4.69) is 11.7 Å². The molecule has 1 aliphatic heterocycles. The van der Waals surface area contributed by atoms with Crippen molar-refractivity contribution in [3.05, 3.63) is 53.8 Å². The SMILES string of the molecule is CCC[SiH]1CCC(c2ccc(-c3ccc(OC(F)(F)F)cc3)c(F)c2)CC1. The van der Waals surface area contributed by atoms with Crippen molar-refractivity contribution >= 4 is 8.80 Å². The predicted octanol–water partition coefficient (Wildman–Crippen LogP) is 6.91. The van der Waals surface area contributed by atoms with Crippen molar-refractivity contribution in [1.82, 2.24) is 0 Å². The molecule has 2 aromatic rings. The fourth-order valence-corrected chi connectivity index (χ4v) is 7.48. The maximum Gasteiger partial charge on any atom is 0.573 e. The molecule has 1 nitrogen and oxygen atoms in total. The Morgan fingerprint density at radius 3 is 2.26 bits per heavy atom. The molecule has 0 aliphatic carbocycles. The van der Waals surface area contributed by atoms with Crippen LogP contribution in [0.15, 0.2) is 42.5 Å². The third-order valence-electron chi connectivity index (χ3n) is 5.41. The van der Waals surface area contributed by atoms with E-state index < -0.39 is 15.2 Å². The van der Waals surface area contributed by atoms with E-state index in [4.69, 9.17) is 0 Å². The van der Waals surface area contributed by atoms with Crippen molar-refractivity contribution in [2.24, 2.45) is 0 Å². The molecule has 3 rings (SSSR count). The summed E-state index contributed by atoms with van der Waals surface area (Å²) in [5, 5.41) is 0. The summed E-state index contributed by atoms with van der Waals surface area (Å²) in [6, 6.07) is 14.7. The van der Waals surface area contributed by atoms with Gasteiger partial charge in [-0.25, -0.2) is 4.39 Å². The Hall–Kier alpha value is -1.82. The standard InChI is InChI=1S/C21H24F4OSi/c1-2-11-27-12-9-15(10-13-27)17-5-8-19(20(22)14-17)16-3-6-18(7-4-16)26-21(23,24)25/h3-8,14-15,27H,2,9-13H2,1H3. The third-order valence-corrected chi connectivity index (χ3v) is 9.10. The summed E-state index contributed by atoms with van der Waals surface area (Å²) in [5.74, 6) is -0.210. The Balaban J connectivity index is 1.70. The second-order valence-electron chi connectivity index (χ2n) is 7.32. The number of benzene rings is 2. The van der Waals surface area contributed by atoms with E-state index in [0.29, 0.717) is 17.0 Å². The van der Waals surface area contributed by atoms with Gasteiger partial charge in [-0.3, -0.25) is 0 Å². The van der Waals surface area contributed by atoms with E-state index in [9.17, 15) is 17.6 Å². The highest BCUT2D eigenvalue weighted by Crippen LogP contribution is 2.37. The van der Waals surface area contributed by atoms with Crippen molar-refractivity contribution < 1.29 is 22.3 Å². The van der Waals surface area contributed by atoms with Crippen LogP contribution in [0.25, 0.3) is 11.1 Å². The zero-order chi connectivity index (χ0) is 19.4. The molecule has 0 atom stereocenters. The van der Waals surface area contributed by atoms with Gasteiger partial charge in [0.25, 0.3) is 0 Å². The summed E-state index contributed by atoms with van der Waals surface area (Å²) < 4.78 is 55.2. The van der Waals surface area contributed by atoms with E-state index >= 15 is 0 Å². The molecule has 146 valence electrons. The highest BCUT2D eigenvalue weighted by molar-refractivity contribution is 6.59. The zero-order valence-corrected chi connectivity index (χ0v) is 16.5. The van der Waals surface area contributed by atoms with Crippen LogP contribution in [-0.4, -0.2) is 15.2 Å². The average Bonchev–Trinajstić information content (AvgIpc) is 2.62. The maximum atomic E-state index is 14.7. The number of alkyl halides is 3. The van der Waals surface area contributed by atoms with Crippen molar-refractivity contribution in [2.75, 3.05) is 0 Å². The van der Waals surface area contributed by atoms with Crippen molar-refractivity contribution in [1.29, 1.82) is 0 Å². The summed E-state index contributed by atoms with van der Waals surface area (Å²) in [4.78, 5) is 0. The number of hydrogen-bond donors (Lipinski definition) is 0. The van der Waals surface area contributed by atoms with Gasteiger partial charge in [0.05, 0.1) is 0 Å². The average molecular weight is 397 g/mol. The van der Waals surface area contributed by atoms with Crippen LogP contribution in [-0.2, 0) is 0 Å². The van der Waals surface area contributed by atoms with Crippen LogP contribution in [0.5, 0.6) is 5.75 Å². The molecule has 6 heteroatoms. The van der Waals surface area contributed by atoms with Gasteiger partial charge in [0.1, 0.15) is 11.6 Å². The van der Waals surface area contributed by atoms with Gasteiger partial charge >= 0.3 is 6.36 Å². The molecule has 1 saturated heterocycles. The fourth-order valence-electron chi connectivity index (χ4n) is 4.05. The molecule has 0 spiro atoms. The topological polar surface area (TPSA) is 9.23 Å². The van der Waals surface area contributed by atoms with Crippen LogP contribution in [0, 0.1) is 5.82 Å². The van der Waals surface area contributed by atoms with Crippen LogP contribution in [0.2, 0.25) is 18.1 Å². The Kier molecular flexibility index (Phi) is 6.24. The van der Waals surface area contributed by atoms with Crippen LogP contribution in [0.1, 0.15) is 37.7 Å². The van der Waals surface area contributed by atoms with Crippen LogP contribution in [0.3, 0.4) is 0 Å². The van der Waals surface area contributed by atoms with Crippen molar-refractivity contribution in [2.45, 2.75) is 56.6 Å². The molecule has 1 heterocycles. The first-order valence-electron chi connectivity index (χ1n) is 9.51. The van der Waals surface area contributed by atoms with Crippen LogP contribution in [0.4, 0.5) is 17.6 Å². The maximum absolute atomic E-state index is 14.7. The molecule has 0 radical (unpaired) electrons. The molecule has 1 fully saturated rings. The number of rotatable bonds is 5. The molecule has 2 aromatic carbocycles. The molecular formula is C21H24F4OSi. The molecule has 0 saturated carbocycles. The lowest BCUT2D eigenvalue weighted by atomic mass is 9.91. The molecule has 0 N–H and O–H groups in total. The van der Waals surface area contributed by atoms with Gasteiger partial charge in [-0.15, -0.1) is 13.2 Å². The van der Waals surface area contributed by atoms with Gasteiger partial charge in [0.15, 0.2) is 0 Å². The molecule has 0 amide bonds. The Bertz CT molecular complexity index is 750. The minimum absolute atomic E-state index is 0.309. The molecule has 0 bridgehead atoms. The Morgan fingerprint density at radius 2 is 1.70 bits per heavy atom. The Morgan fingerprint density at radius 1 is 1.04 bits per heavy atom. The smallest absolute Gasteiger partial charge is 0.406 e. The quantitative estimate of drug-likeness (QED) is 0.394. The molecular weight excluding hydrogens is 372 g/mol. The van der Waals surface area contributed by atoms with E-state index in [1.165, 1.54) is 48.8 Å². The molecule has 0 aromatic heterocycles. The second kappa shape index (κ2) is 8.46. The highest BCUT2D eigenvalue weighted by atomic mass is 28.3. The fraction of sp³-hybridized carbons (Fsp3) is 0.429. The lowest BCUT2D eigenvalue weighted by Crippen LogP contribution is -2.20. The Labute approximate surface area is 159 Å². The van der Waals surface area contributed by atoms with E-state index in [1.807, 2.05) is 6.07 Å². The van der Waals surface area contributed by atoms with Gasteiger partial charge in [0, 0.05) is 14.4 Å². The lowest BCUT2D eigenvalue weighted by Gasteiger charge is -2.28. The zero-order valence-electron chi connectivity index (χ0n) is 15.4. The van der Waals surface area contributed by atoms with E-state index in [-0.39, 0.29) is 11.6 Å². The largest absolute Gasteiger partial charge is 0.573 e. The van der Waals surface area contributed by atoms with E-state index in [0.717, 1.165) is 18.4 Å². The lowest BCUT2D eigenvalue weighted by molar-refractivity contribution is -0.274. The van der Waals surface area contributed by atoms with Crippen molar-refractivity contribution in [3.63, 3.8) is 0 Å². The first-order chi connectivity index (χ1) is 12.9. The van der Waals surface area contributed by atoms with E-state index in [1.54, 1.807) is 12.1 Å². The highest BCUT2D eigenvalue weighted by Gasteiger charge is 2.31. The monoisotopic (exact) mass is 396 g/mol. The summed E-state index contributed by atoms with van der Waals surface area (Å²) in [6.45, 7) is 2.25. The van der Waals surface area contributed by atoms with Crippen LogP contribution < -0.4 is 4.74 Å². The van der Waals surface area contributed by atoms with Crippen LogP contribution >= 0.6 is 0 Å². The summed E-state index contributed by atoms with van der Waals surface area (Å²) >= 11 is 0. The first-order valence-corrected chi connectivity index (χ1v) is 12.0. The number of ether oxygens (including phenoxy) is 1. The predicted molar refractivity (Wildman–Crippen MR) is 102 cm³/mol. The minimum atomic E-state index is -4.73. The molecule has 27 heavy (non-hydrogen) atoms. The van der Waals surface area contributed by atoms with Gasteiger partial charge in [-0.2, -0.15) is 0 Å².